The summed E-state index contributed by atoms with van der Waals surface area (Å²) >= 11 is 5.98. The maximum atomic E-state index is 13.1. The van der Waals surface area contributed by atoms with Gasteiger partial charge >= 0.3 is 0 Å². The third-order valence-corrected chi connectivity index (χ3v) is 3.29. The lowest BCUT2D eigenvalue weighted by atomic mass is 10.2. The van der Waals surface area contributed by atoms with Crippen LogP contribution in [0.15, 0.2) is 24.5 Å². The van der Waals surface area contributed by atoms with E-state index in [9.17, 15) is 9.18 Å². The Balaban J connectivity index is 1.89. The lowest BCUT2D eigenvalue weighted by Crippen LogP contribution is -2.17. The highest BCUT2D eigenvalue weighted by Crippen LogP contribution is 2.17. The molecule has 1 N–H and O–H groups in total. The van der Waals surface area contributed by atoms with Crippen LogP contribution in [0.3, 0.4) is 0 Å². The van der Waals surface area contributed by atoms with E-state index in [0.717, 1.165) is 6.20 Å². The van der Waals surface area contributed by atoms with Crippen LogP contribution >= 0.6 is 11.6 Å². The number of nitrogens with one attached hydrogen (secondary N) is 1. The topological polar surface area (TPSA) is 85.1 Å². The fourth-order valence-electron chi connectivity index (χ4n) is 1.89. The summed E-state index contributed by atoms with van der Waals surface area (Å²) in [6, 6.07) is 2.71. The molecule has 23 heavy (non-hydrogen) atoms. The molecule has 118 valence electrons. The Hall–Kier alpha value is -2.61. The molecular weight excluding hydrogens is 323 g/mol. The Morgan fingerprint density at radius 2 is 2.13 bits per heavy atom. The zero-order valence-corrected chi connectivity index (χ0v) is 13.0. The average molecular weight is 335 g/mol. The van der Waals surface area contributed by atoms with Gasteiger partial charge in [-0.3, -0.25) is 10.1 Å². The van der Waals surface area contributed by atoms with E-state index in [1.54, 1.807) is 0 Å². The summed E-state index contributed by atoms with van der Waals surface area (Å²) < 4.78 is 14.4. The molecule has 0 aliphatic carbocycles. The van der Waals surface area contributed by atoms with Gasteiger partial charge in [0.05, 0.1) is 17.4 Å². The number of anilines is 1. The van der Waals surface area contributed by atoms with Gasteiger partial charge in [-0.15, -0.1) is 5.10 Å². The number of nitrogens with zero attached hydrogens (tertiary/aromatic N) is 5. The van der Waals surface area contributed by atoms with Gasteiger partial charge in [-0.2, -0.15) is 4.98 Å². The molecule has 0 unspecified atom stereocenters. The molecule has 0 saturated heterocycles. The lowest BCUT2D eigenvalue weighted by Gasteiger charge is -2.07. The maximum Gasteiger partial charge on any atom is 0.278 e. The highest BCUT2D eigenvalue weighted by atomic mass is 35.5. The number of fused-ring (bicyclic) bond motifs is 1. The first kappa shape index (κ1) is 15.3. The van der Waals surface area contributed by atoms with Crippen molar-refractivity contribution < 1.29 is 9.18 Å². The molecule has 0 aliphatic rings. The van der Waals surface area contributed by atoms with E-state index in [0.29, 0.717) is 11.5 Å². The fraction of sp³-hybridized carbons (Fsp3) is 0.214. The summed E-state index contributed by atoms with van der Waals surface area (Å²) in [7, 11) is 0. The van der Waals surface area contributed by atoms with E-state index in [2.05, 4.69) is 25.4 Å². The smallest absolute Gasteiger partial charge is 0.278 e. The number of halogens is 2. The molecule has 0 aromatic carbocycles. The van der Waals surface area contributed by atoms with Gasteiger partial charge in [0.25, 0.3) is 5.91 Å². The van der Waals surface area contributed by atoms with E-state index in [1.807, 2.05) is 13.8 Å². The van der Waals surface area contributed by atoms with E-state index in [4.69, 9.17) is 11.6 Å². The van der Waals surface area contributed by atoms with E-state index >= 15 is 0 Å². The largest absolute Gasteiger partial charge is 0.288 e. The van der Waals surface area contributed by atoms with Crippen molar-refractivity contribution in [1.82, 2.24) is 24.6 Å². The first-order valence-electron chi connectivity index (χ1n) is 6.80. The summed E-state index contributed by atoms with van der Waals surface area (Å²) in [5, 5.41) is 6.59. The zero-order valence-electron chi connectivity index (χ0n) is 12.3. The highest BCUT2D eigenvalue weighted by molar-refractivity contribution is 6.33. The second-order valence-electron chi connectivity index (χ2n) is 5.12. The number of carbonyl (C=O) groups is 1. The van der Waals surface area contributed by atoms with Crippen LogP contribution in [-0.4, -0.2) is 30.5 Å². The highest BCUT2D eigenvalue weighted by Gasteiger charge is 2.17. The van der Waals surface area contributed by atoms with E-state index in [-0.39, 0.29) is 22.6 Å². The van der Waals surface area contributed by atoms with Gasteiger partial charge in [-0.25, -0.2) is 18.9 Å². The summed E-state index contributed by atoms with van der Waals surface area (Å²) in [6.45, 7) is 3.81. The number of carbonyl (C=O) groups excluding carboxylic acids is 1. The summed E-state index contributed by atoms with van der Waals surface area (Å²) in [5.74, 6) is -0.433. The van der Waals surface area contributed by atoms with Gasteiger partial charge in [0, 0.05) is 5.92 Å². The van der Waals surface area contributed by atoms with Crippen molar-refractivity contribution in [3.63, 3.8) is 0 Å². The fourth-order valence-corrected chi connectivity index (χ4v) is 2.07. The first-order valence-corrected chi connectivity index (χ1v) is 7.17. The predicted octanol–water partition coefficient (Wildman–Crippen LogP) is 2.69. The summed E-state index contributed by atoms with van der Waals surface area (Å²) in [5.41, 5.74) is 0.439. The Labute approximate surface area is 135 Å². The van der Waals surface area contributed by atoms with Crippen LogP contribution in [0, 0.1) is 5.82 Å². The Morgan fingerprint density at radius 1 is 1.35 bits per heavy atom. The summed E-state index contributed by atoms with van der Waals surface area (Å²) in [6.07, 6.45) is 2.54. The van der Waals surface area contributed by atoms with Gasteiger partial charge in [0.2, 0.25) is 5.95 Å². The van der Waals surface area contributed by atoms with Crippen LogP contribution in [-0.2, 0) is 0 Å². The average Bonchev–Trinajstić information content (AvgIpc) is 2.88. The van der Waals surface area contributed by atoms with Crippen LogP contribution in [0.25, 0.3) is 5.65 Å². The maximum absolute atomic E-state index is 13.1. The minimum Gasteiger partial charge on any atom is -0.288 e. The predicted molar refractivity (Wildman–Crippen MR) is 82.0 cm³/mol. The van der Waals surface area contributed by atoms with Crippen molar-refractivity contribution in [2.75, 3.05) is 5.32 Å². The number of hydrogen-bond donors (Lipinski definition) is 1. The van der Waals surface area contributed by atoms with Crippen LogP contribution in [0.5, 0.6) is 0 Å². The number of hydrogen-bond acceptors (Lipinski definition) is 5. The van der Waals surface area contributed by atoms with Crippen LogP contribution in [0.4, 0.5) is 10.3 Å². The van der Waals surface area contributed by atoms with Gasteiger partial charge in [0.15, 0.2) is 11.3 Å². The molecule has 0 atom stereocenters. The zero-order chi connectivity index (χ0) is 16.6. The van der Waals surface area contributed by atoms with Crippen molar-refractivity contribution in [1.29, 1.82) is 0 Å². The van der Waals surface area contributed by atoms with Crippen molar-refractivity contribution >= 4 is 29.1 Å². The third-order valence-electron chi connectivity index (χ3n) is 3.01. The molecule has 3 rings (SSSR count). The molecule has 0 radical (unpaired) electrons. The quantitative estimate of drug-likeness (QED) is 0.796. The number of rotatable bonds is 3. The molecule has 0 spiro atoms. The molecule has 0 fully saturated rings. The monoisotopic (exact) mass is 334 g/mol. The number of pyridine rings is 1. The Kier molecular flexibility index (Phi) is 3.91. The Bertz CT molecular complexity index is 894. The molecule has 7 nitrogen and oxygen atoms in total. The SMILES string of the molecule is CC(C)c1ncc(Cl)c(C(=O)Nc2nc3ccc(F)cn3n2)n1. The molecule has 0 aliphatic heterocycles. The van der Waals surface area contributed by atoms with Crippen molar-refractivity contribution in [2.24, 2.45) is 0 Å². The minimum atomic E-state index is -0.560. The molecule has 1 amide bonds. The molecule has 3 aromatic heterocycles. The second kappa shape index (κ2) is 5.88. The van der Waals surface area contributed by atoms with Crippen LogP contribution in [0.2, 0.25) is 5.02 Å². The molecule has 0 bridgehead atoms. The second-order valence-corrected chi connectivity index (χ2v) is 5.53. The van der Waals surface area contributed by atoms with Crippen molar-refractivity contribution in [3.8, 4) is 0 Å². The standard InChI is InChI=1S/C14H12ClFN6O/c1-7(2)12-17-5-9(15)11(19-12)13(23)20-14-18-10-4-3-8(16)6-22(10)21-14/h3-7H,1-2H3,(H,20,21,23). The lowest BCUT2D eigenvalue weighted by molar-refractivity contribution is 0.102. The molecule has 3 aromatic rings. The molecular formula is C14H12ClFN6O. The van der Waals surface area contributed by atoms with Gasteiger partial charge < -0.3 is 0 Å². The summed E-state index contributed by atoms with van der Waals surface area (Å²) in [4.78, 5) is 24.6. The Morgan fingerprint density at radius 3 is 2.87 bits per heavy atom. The molecule has 0 saturated carbocycles. The van der Waals surface area contributed by atoms with E-state index in [1.165, 1.54) is 22.8 Å². The van der Waals surface area contributed by atoms with E-state index < -0.39 is 11.7 Å². The third kappa shape index (κ3) is 3.11. The van der Waals surface area contributed by atoms with Gasteiger partial charge in [-0.05, 0) is 12.1 Å². The minimum absolute atomic E-state index is 0.0291. The first-order chi connectivity index (χ1) is 10.9. The van der Waals surface area contributed by atoms with Gasteiger partial charge in [-0.1, -0.05) is 25.4 Å². The van der Waals surface area contributed by atoms with Crippen LogP contribution in [0.1, 0.15) is 36.1 Å². The number of amides is 1. The van der Waals surface area contributed by atoms with Crippen molar-refractivity contribution in [2.45, 2.75) is 19.8 Å². The molecule has 9 heteroatoms. The van der Waals surface area contributed by atoms with Crippen LogP contribution < -0.4 is 5.32 Å². The molecule has 3 heterocycles. The van der Waals surface area contributed by atoms with Crippen molar-refractivity contribution in [3.05, 3.63) is 46.9 Å². The number of aromatic nitrogens is 5. The normalized spacial score (nSPS) is 11.2. The van der Waals surface area contributed by atoms with Gasteiger partial charge in [0.1, 0.15) is 11.6 Å².